The first kappa shape index (κ1) is 31.4. The lowest BCUT2D eigenvalue weighted by atomic mass is 9.87. The molecule has 1 saturated heterocycles. The van der Waals surface area contributed by atoms with Gasteiger partial charge in [0.15, 0.2) is 5.65 Å². The Morgan fingerprint density at radius 2 is 1.86 bits per heavy atom. The zero-order valence-corrected chi connectivity index (χ0v) is 26.4. The summed E-state index contributed by atoms with van der Waals surface area (Å²) < 4.78 is 28.4. The molecule has 12 heteroatoms. The number of alkyl halides is 2. The third-order valence-corrected chi connectivity index (χ3v) is 9.12. The van der Waals surface area contributed by atoms with Gasteiger partial charge in [-0.1, -0.05) is 57.0 Å². The minimum Gasteiger partial charge on any atom is -0.352 e. The average molecular weight is 636 g/mol. The molecule has 3 heterocycles. The van der Waals surface area contributed by atoms with Crippen LogP contribution in [0.2, 0.25) is 10.0 Å². The Hall–Kier alpha value is -2.98. The zero-order valence-electron chi connectivity index (χ0n) is 24.9. The number of carbonyl (C=O) groups is 2. The number of benzene rings is 1. The van der Waals surface area contributed by atoms with Crippen molar-refractivity contribution in [2.24, 2.45) is 11.3 Å². The highest BCUT2D eigenvalue weighted by atomic mass is 35.5. The van der Waals surface area contributed by atoms with E-state index in [0.717, 1.165) is 25.7 Å². The minimum atomic E-state index is -2.86. The number of fused-ring (bicyclic) bond motifs is 1. The van der Waals surface area contributed by atoms with E-state index >= 15 is 0 Å². The Morgan fingerprint density at radius 1 is 1.14 bits per heavy atom. The van der Waals surface area contributed by atoms with E-state index < -0.39 is 17.9 Å². The second-order valence-corrected chi connectivity index (χ2v) is 13.8. The monoisotopic (exact) mass is 634 g/mol. The van der Waals surface area contributed by atoms with Crippen LogP contribution >= 0.6 is 23.2 Å². The van der Waals surface area contributed by atoms with E-state index in [4.69, 9.17) is 23.2 Å². The Bertz CT molecular complexity index is 1530. The first-order valence-electron chi connectivity index (χ1n) is 14.8. The van der Waals surface area contributed by atoms with Crippen molar-refractivity contribution in [3.8, 4) is 0 Å². The van der Waals surface area contributed by atoms with E-state index in [1.807, 2.05) is 20.8 Å². The van der Waals surface area contributed by atoms with Gasteiger partial charge < -0.3 is 20.5 Å². The van der Waals surface area contributed by atoms with Crippen LogP contribution in [0.15, 0.2) is 18.2 Å². The molecule has 1 aliphatic carbocycles. The molecule has 2 aliphatic rings. The Labute approximate surface area is 260 Å². The van der Waals surface area contributed by atoms with Crippen LogP contribution in [0, 0.1) is 11.3 Å². The molecule has 0 atom stereocenters. The molecule has 5 rings (SSSR count). The number of H-pyrrole nitrogens is 1. The summed E-state index contributed by atoms with van der Waals surface area (Å²) in [5.41, 5.74) is 1.84. The van der Waals surface area contributed by atoms with Crippen LogP contribution in [0.25, 0.3) is 11.2 Å². The summed E-state index contributed by atoms with van der Waals surface area (Å²) in [6, 6.07) is 5.18. The number of hydrogen-bond donors (Lipinski definition) is 3. The summed E-state index contributed by atoms with van der Waals surface area (Å²) in [4.78, 5) is 39.8. The van der Waals surface area contributed by atoms with Crippen LogP contribution in [0.5, 0.6) is 0 Å². The van der Waals surface area contributed by atoms with E-state index in [9.17, 15) is 18.4 Å². The largest absolute Gasteiger partial charge is 0.352 e. The van der Waals surface area contributed by atoms with Crippen molar-refractivity contribution in [1.29, 1.82) is 0 Å². The SMILES string of the molecule is CC1CCC(NC(=O)c2cc3[nH]c(Cc4c(Cl)ccc(CNC(=O)C(C)(C)C)c4Cl)nc3nc2N2CCC(F)(F)C2)CC1. The minimum absolute atomic E-state index is 0.0364. The van der Waals surface area contributed by atoms with Crippen LogP contribution in [0.1, 0.15) is 87.1 Å². The zero-order chi connectivity index (χ0) is 31.1. The fourth-order valence-corrected chi connectivity index (χ4v) is 6.18. The highest BCUT2D eigenvalue weighted by Gasteiger charge is 2.40. The molecule has 3 aromatic rings. The Kier molecular flexibility index (Phi) is 8.91. The molecule has 2 fully saturated rings. The van der Waals surface area contributed by atoms with Gasteiger partial charge in [-0.2, -0.15) is 0 Å². The summed E-state index contributed by atoms with van der Waals surface area (Å²) in [5, 5.41) is 6.86. The highest BCUT2D eigenvalue weighted by molar-refractivity contribution is 6.36. The molecule has 2 aromatic heterocycles. The Morgan fingerprint density at radius 3 is 2.51 bits per heavy atom. The first-order chi connectivity index (χ1) is 20.2. The van der Waals surface area contributed by atoms with Crippen molar-refractivity contribution >= 4 is 52.0 Å². The Balaban J connectivity index is 1.43. The number of halogens is 4. The van der Waals surface area contributed by atoms with Crippen LogP contribution < -0.4 is 15.5 Å². The van der Waals surface area contributed by atoms with E-state index in [2.05, 4.69) is 32.5 Å². The lowest BCUT2D eigenvalue weighted by Gasteiger charge is -2.27. The quantitative estimate of drug-likeness (QED) is 0.269. The number of aromatic nitrogens is 3. The second-order valence-electron chi connectivity index (χ2n) is 13.0. The van der Waals surface area contributed by atoms with Crippen LogP contribution in [0.3, 0.4) is 0 Å². The van der Waals surface area contributed by atoms with Crippen molar-refractivity contribution in [3.05, 3.63) is 50.8 Å². The lowest BCUT2D eigenvalue weighted by Crippen LogP contribution is -2.38. The van der Waals surface area contributed by atoms with Crippen molar-refractivity contribution in [1.82, 2.24) is 25.6 Å². The third-order valence-electron chi connectivity index (χ3n) is 8.30. The summed E-state index contributed by atoms with van der Waals surface area (Å²) in [6.45, 7) is 7.53. The molecule has 0 spiro atoms. The number of nitrogens with one attached hydrogen (secondary N) is 3. The van der Waals surface area contributed by atoms with E-state index in [0.29, 0.717) is 44.1 Å². The number of anilines is 1. The molecule has 1 aliphatic heterocycles. The van der Waals surface area contributed by atoms with Crippen molar-refractivity contribution in [2.45, 2.75) is 84.7 Å². The van der Waals surface area contributed by atoms with E-state index in [1.54, 1.807) is 18.2 Å². The number of imidazole rings is 1. The van der Waals surface area contributed by atoms with Gasteiger partial charge in [0.2, 0.25) is 5.91 Å². The number of amides is 2. The molecular weight excluding hydrogens is 597 g/mol. The number of pyridine rings is 1. The first-order valence-corrected chi connectivity index (χ1v) is 15.5. The topological polar surface area (TPSA) is 103 Å². The molecule has 0 radical (unpaired) electrons. The van der Waals surface area contributed by atoms with Gasteiger partial charge in [-0.25, -0.2) is 18.7 Å². The molecule has 3 N–H and O–H groups in total. The van der Waals surface area contributed by atoms with Gasteiger partial charge in [0, 0.05) is 42.4 Å². The maximum atomic E-state index is 14.2. The van der Waals surface area contributed by atoms with Gasteiger partial charge >= 0.3 is 0 Å². The standard InChI is InChI=1S/C31H38Cl2F2N6O2/c1-17-5-8-19(9-6-17)37-28(42)21-13-23-26(40-27(21)41-12-11-31(34,35)16-41)39-24(38-23)14-20-22(32)10-7-18(25(20)33)15-36-29(43)30(2,3)4/h7,10,13,17,19H,5-6,8-9,11-12,14-16H2,1-4H3,(H,36,43)(H,37,42)(H,38,39,40). The molecule has 1 aromatic carbocycles. The normalized spacial score (nSPS) is 20.4. The fraction of sp³-hybridized carbons (Fsp3) is 0.548. The molecule has 0 bridgehead atoms. The maximum absolute atomic E-state index is 14.2. The summed E-state index contributed by atoms with van der Waals surface area (Å²) in [7, 11) is 0. The average Bonchev–Trinajstić information content (AvgIpc) is 3.51. The summed E-state index contributed by atoms with van der Waals surface area (Å²) in [6.07, 6.45) is 3.76. The van der Waals surface area contributed by atoms with Crippen LogP contribution in [0.4, 0.5) is 14.6 Å². The van der Waals surface area contributed by atoms with Gasteiger partial charge in [-0.15, -0.1) is 0 Å². The molecule has 232 valence electrons. The van der Waals surface area contributed by atoms with Crippen LogP contribution in [-0.2, 0) is 17.8 Å². The van der Waals surface area contributed by atoms with E-state index in [-0.39, 0.29) is 55.2 Å². The number of aromatic amines is 1. The molecule has 8 nitrogen and oxygen atoms in total. The summed E-state index contributed by atoms with van der Waals surface area (Å²) in [5.74, 6) is -1.96. The molecule has 43 heavy (non-hydrogen) atoms. The molecule has 2 amide bonds. The van der Waals surface area contributed by atoms with E-state index in [1.165, 1.54) is 4.90 Å². The maximum Gasteiger partial charge on any atom is 0.266 e. The van der Waals surface area contributed by atoms with Gasteiger partial charge in [0.05, 0.1) is 22.6 Å². The van der Waals surface area contributed by atoms with Crippen molar-refractivity contribution < 1.29 is 18.4 Å². The number of nitrogens with zero attached hydrogens (tertiary/aromatic N) is 3. The highest BCUT2D eigenvalue weighted by Crippen LogP contribution is 2.34. The predicted octanol–water partition coefficient (Wildman–Crippen LogP) is 6.67. The molecule has 1 saturated carbocycles. The van der Waals surface area contributed by atoms with Crippen LogP contribution in [-0.4, -0.2) is 51.8 Å². The van der Waals surface area contributed by atoms with Crippen molar-refractivity contribution in [3.63, 3.8) is 0 Å². The van der Waals surface area contributed by atoms with Gasteiger partial charge in [0.1, 0.15) is 11.6 Å². The molecule has 0 unspecified atom stereocenters. The number of carbonyl (C=O) groups excluding carboxylic acids is 2. The fourth-order valence-electron chi connectivity index (χ4n) is 5.61. The van der Waals surface area contributed by atoms with Gasteiger partial charge in [-0.3, -0.25) is 9.59 Å². The lowest BCUT2D eigenvalue weighted by molar-refractivity contribution is -0.128. The van der Waals surface area contributed by atoms with Gasteiger partial charge in [-0.05, 0) is 54.9 Å². The van der Waals surface area contributed by atoms with Gasteiger partial charge in [0.25, 0.3) is 11.8 Å². The second kappa shape index (κ2) is 12.2. The number of hydrogen-bond acceptors (Lipinski definition) is 5. The third kappa shape index (κ3) is 7.23. The van der Waals surface area contributed by atoms with Crippen molar-refractivity contribution in [2.75, 3.05) is 18.0 Å². The smallest absolute Gasteiger partial charge is 0.266 e. The molecular formula is C31H38Cl2F2N6O2. The summed E-state index contributed by atoms with van der Waals surface area (Å²) >= 11 is 13.3. The predicted molar refractivity (Wildman–Crippen MR) is 165 cm³/mol. The number of rotatable bonds is 7.